The molecule has 1 aliphatic heterocycles. The summed E-state index contributed by atoms with van der Waals surface area (Å²) < 4.78 is 0. The molecule has 1 saturated carbocycles. The normalized spacial score (nSPS) is 21.4. The van der Waals surface area contributed by atoms with E-state index in [1.165, 1.54) is 6.92 Å². The van der Waals surface area contributed by atoms with Gasteiger partial charge in [-0.3, -0.25) is 9.59 Å². The number of piperidine rings is 1. The van der Waals surface area contributed by atoms with E-state index in [1.807, 2.05) is 0 Å². The Kier molecular flexibility index (Phi) is 4.30. The molecule has 0 aromatic carbocycles. The van der Waals surface area contributed by atoms with Gasteiger partial charge in [0.1, 0.15) is 6.04 Å². The summed E-state index contributed by atoms with van der Waals surface area (Å²) in [6.45, 7) is 4.28. The van der Waals surface area contributed by atoms with Gasteiger partial charge in [-0.15, -0.1) is 0 Å². The van der Waals surface area contributed by atoms with Gasteiger partial charge in [0.15, 0.2) is 0 Å². The molecule has 0 aromatic rings. The molecule has 2 amide bonds. The van der Waals surface area contributed by atoms with E-state index >= 15 is 0 Å². The summed E-state index contributed by atoms with van der Waals surface area (Å²) >= 11 is 0. The molecular weight excluding hydrogens is 260 g/mol. The molecule has 1 heterocycles. The van der Waals surface area contributed by atoms with Crippen molar-refractivity contribution in [2.45, 2.75) is 51.6 Å². The van der Waals surface area contributed by atoms with Crippen molar-refractivity contribution in [2.24, 2.45) is 5.92 Å². The van der Waals surface area contributed by atoms with Crippen LogP contribution in [0.2, 0.25) is 0 Å². The molecule has 112 valence electrons. The third-order valence-electron chi connectivity index (χ3n) is 4.26. The number of hydrogen-bond acceptors (Lipinski definition) is 3. The summed E-state index contributed by atoms with van der Waals surface area (Å²) in [5.41, 5.74) is 0. The van der Waals surface area contributed by atoms with E-state index < -0.39 is 12.0 Å². The second kappa shape index (κ2) is 5.81. The van der Waals surface area contributed by atoms with Crippen molar-refractivity contribution in [2.75, 3.05) is 13.1 Å². The highest BCUT2D eigenvalue weighted by Crippen LogP contribution is 2.32. The van der Waals surface area contributed by atoms with E-state index in [2.05, 4.69) is 0 Å². The largest absolute Gasteiger partial charge is 0.480 e. The molecule has 2 aliphatic rings. The quantitative estimate of drug-likeness (QED) is 0.823. The highest BCUT2D eigenvalue weighted by molar-refractivity contribution is 5.85. The van der Waals surface area contributed by atoms with Gasteiger partial charge in [0.25, 0.3) is 0 Å². The monoisotopic (exact) mass is 282 g/mol. The Morgan fingerprint density at radius 3 is 2.10 bits per heavy atom. The lowest BCUT2D eigenvalue weighted by Crippen LogP contribution is -2.49. The predicted molar refractivity (Wildman–Crippen MR) is 71.9 cm³/mol. The van der Waals surface area contributed by atoms with Gasteiger partial charge >= 0.3 is 5.97 Å². The second-order valence-electron chi connectivity index (χ2n) is 5.77. The van der Waals surface area contributed by atoms with E-state index in [0.29, 0.717) is 25.9 Å². The number of carbonyl (C=O) groups excluding carboxylic acids is 2. The summed E-state index contributed by atoms with van der Waals surface area (Å²) in [5, 5.41) is 9.14. The van der Waals surface area contributed by atoms with Crippen LogP contribution in [0.4, 0.5) is 0 Å². The Hall–Kier alpha value is -1.59. The van der Waals surface area contributed by atoms with Crippen LogP contribution in [-0.4, -0.2) is 57.9 Å². The first-order chi connectivity index (χ1) is 9.41. The van der Waals surface area contributed by atoms with Crippen molar-refractivity contribution < 1.29 is 19.5 Å². The van der Waals surface area contributed by atoms with Crippen LogP contribution in [0.25, 0.3) is 0 Å². The number of hydrogen-bond donors (Lipinski definition) is 1. The van der Waals surface area contributed by atoms with Crippen molar-refractivity contribution in [3.8, 4) is 0 Å². The lowest BCUT2D eigenvalue weighted by molar-refractivity contribution is -0.153. The highest BCUT2D eigenvalue weighted by Gasteiger charge is 2.41. The van der Waals surface area contributed by atoms with Crippen LogP contribution in [0.3, 0.4) is 0 Å². The Bertz CT molecular complexity index is 411. The number of nitrogens with zero attached hydrogens (tertiary/aromatic N) is 2. The molecule has 1 saturated heterocycles. The maximum Gasteiger partial charge on any atom is 0.326 e. The first-order valence-corrected chi connectivity index (χ1v) is 7.22. The fourth-order valence-electron chi connectivity index (χ4n) is 2.81. The van der Waals surface area contributed by atoms with E-state index in [0.717, 1.165) is 12.8 Å². The molecule has 6 nitrogen and oxygen atoms in total. The van der Waals surface area contributed by atoms with Crippen molar-refractivity contribution >= 4 is 17.8 Å². The molecule has 1 atom stereocenters. The van der Waals surface area contributed by atoms with Crippen molar-refractivity contribution in [3.05, 3.63) is 0 Å². The predicted octanol–water partition coefficient (Wildman–Crippen LogP) is 0.709. The number of carboxylic acids is 1. The fraction of sp³-hybridized carbons (Fsp3) is 0.786. The summed E-state index contributed by atoms with van der Waals surface area (Å²) in [6.07, 6.45) is 3.06. The van der Waals surface area contributed by atoms with Crippen LogP contribution in [0, 0.1) is 5.92 Å². The van der Waals surface area contributed by atoms with Gasteiger partial charge in [-0.25, -0.2) is 4.79 Å². The van der Waals surface area contributed by atoms with Gasteiger partial charge in [0.2, 0.25) is 11.8 Å². The summed E-state index contributed by atoms with van der Waals surface area (Å²) in [5.74, 6) is -1.11. The maximum absolute atomic E-state index is 12.6. The first-order valence-electron chi connectivity index (χ1n) is 7.22. The zero-order valence-electron chi connectivity index (χ0n) is 12.0. The SMILES string of the molecule is CC(=O)N1CCC(C(=O)N(C2CC2)C(C)C(=O)O)CC1. The molecule has 2 rings (SSSR count). The fourth-order valence-corrected chi connectivity index (χ4v) is 2.81. The molecule has 1 unspecified atom stereocenters. The Balaban J connectivity index is 1.99. The molecule has 0 aromatic heterocycles. The molecule has 1 N–H and O–H groups in total. The Morgan fingerprint density at radius 1 is 1.15 bits per heavy atom. The minimum atomic E-state index is -0.952. The van der Waals surface area contributed by atoms with Crippen LogP contribution >= 0.6 is 0 Å². The lowest BCUT2D eigenvalue weighted by atomic mass is 9.94. The third-order valence-corrected chi connectivity index (χ3v) is 4.26. The van der Waals surface area contributed by atoms with Crippen molar-refractivity contribution in [1.29, 1.82) is 0 Å². The highest BCUT2D eigenvalue weighted by atomic mass is 16.4. The van der Waals surface area contributed by atoms with Crippen LogP contribution in [-0.2, 0) is 14.4 Å². The summed E-state index contributed by atoms with van der Waals surface area (Å²) in [7, 11) is 0. The molecule has 0 bridgehead atoms. The molecule has 0 radical (unpaired) electrons. The van der Waals surface area contributed by atoms with Crippen molar-refractivity contribution in [3.63, 3.8) is 0 Å². The average molecular weight is 282 g/mol. The number of amides is 2. The van der Waals surface area contributed by atoms with Crippen molar-refractivity contribution in [1.82, 2.24) is 9.80 Å². The first kappa shape index (κ1) is 14.8. The number of carbonyl (C=O) groups is 3. The topological polar surface area (TPSA) is 77.9 Å². The Morgan fingerprint density at radius 2 is 1.70 bits per heavy atom. The molecular formula is C14H22N2O4. The molecule has 20 heavy (non-hydrogen) atoms. The minimum absolute atomic E-state index is 0.0360. The van der Waals surface area contributed by atoms with Gasteiger partial charge < -0.3 is 14.9 Å². The van der Waals surface area contributed by atoms with E-state index in [1.54, 1.807) is 16.7 Å². The molecule has 0 spiro atoms. The smallest absolute Gasteiger partial charge is 0.326 e. The van der Waals surface area contributed by atoms with Gasteiger partial charge in [-0.05, 0) is 32.6 Å². The summed E-state index contributed by atoms with van der Waals surface area (Å²) in [4.78, 5) is 38.3. The Labute approximate surface area is 118 Å². The van der Waals surface area contributed by atoms with E-state index in [9.17, 15) is 14.4 Å². The van der Waals surface area contributed by atoms with Crippen LogP contribution in [0.15, 0.2) is 0 Å². The zero-order valence-corrected chi connectivity index (χ0v) is 12.0. The molecule has 2 fully saturated rings. The van der Waals surface area contributed by atoms with E-state index in [4.69, 9.17) is 5.11 Å². The number of aliphatic carboxylic acids is 1. The molecule has 6 heteroatoms. The third kappa shape index (κ3) is 3.11. The minimum Gasteiger partial charge on any atom is -0.480 e. The average Bonchev–Trinajstić information content (AvgIpc) is 3.23. The van der Waals surface area contributed by atoms with E-state index in [-0.39, 0.29) is 23.8 Å². The lowest BCUT2D eigenvalue weighted by Gasteiger charge is -2.35. The van der Waals surface area contributed by atoms with Crippen LogP contribution < -0.4 is 0 Å². The second-order valence-corrected chi connectivity index (χ2v) is 5.77. The van der Waals surface area contributed by atoms with Crippen LogP contribution in [0.5, 0.6) is 0 Å². The summed E-state index contributed by atoms with van der Waals surface area (Å²) in [6, 6.07) is -0.666. The molecule has 1 aliphatic carbocycles. The van der Waals surface area contributed by atoms with Crippen LogP contribution in [0.1, 0.15) is 39.5 Å². The number of likely N-dealkylation sites (tertiary alicyclic amines) is 1. The van der Waals surface area contributed by atoms with Gasteiger partial charge in [-0.1, -0.05) is 0 Å². The number of rotatable bonds is 4. The number of carboxylic acid groups (broad SMARTS) is 1. The standard InChI is InChI=1S/C14H22N2O4/c1-9(14(19)20)16(12-3-4-12)13(18)11-5-7-15(8-6-11)10(2)17/h9,11-12H,3-8H2,1-2H3,(H,19,20). The maximum atomic E-state index is 12.6. The zero-order chi connectivity index (χ0) is 14.9. The van der Waals surface area contributed by atoms with Gasteiger partial charge in [-0.2, -0.15) is 0 Å². The van der Waals surface area contributed by atoms with Gasteiger partial charge in [0, 0.05) is 32.0 Å². The van der Waals surface area contributed by atoms with Gasteiger partial charge in [0.05, 0.1) is 0 Å².